The van der Waals surface area contributed by atoms with Gasteiger partial charge in [0.25, 0.3) is 5.91 Å². The Morgan fingerprint density at radius 3 is 2.44 bits per heavy atom. The van der Waals surface area contributed by atoms with Crippen LogP contribution in [0.3, 0.4) is 0 Å². The third kappa shape index (κ3) is 8.49. The van der Waals surface area contributed by atoms with Crippen molar-refractivity contribution >= 4 is 44.6 Å². The van der Waals surface area contributed by atoms with Gasteiger partial charge >= 0.3 is 12.3 Å². The number of amides is 4. The summed E-state index contributed by atoms with van der Waals surface area (Å²) in [4.78, 5) is 61.5. The minimum Gasteiger partial charge on any atom is -0.494 e. The maximum absolute atomic E-state index is 14.6. The highest BCUT2D eigenvalue weighted by Crippen LogP contribution is 2.47. The van der Waals surface area contributed by atoms with Gasteiger partial charge in [-0.1, -0.05) is 30.4 Å². The van der Waals surface area contributed by atoms with Crippen LogP contribution in [0, 0.1) is 5.92 Å². The molecule has 15 nitrogen and oxygen atoms in total. The summed E-state index contributed by atoms with van der Waals surface area (Å²) in [5.41, 5.74) is -4.60. The zero-order valence-electron chi connectivity index (χ0n) is 32.5. The van der Waals surface area contributed by atoms with Crippen molar-refractivity contribution in [2.45, 2.75) is 126 Å². The molecule has 4 aliphatic rings. The largest absolute Gasteiger partial charge is 0.494 e. The van der Waals surface area contributed by atoms with E-state index in [1.165, 1.54) is 27.2 Å². The number of hydrogen-bond acceptors (Lipinski definition) is 11. The quantitative estimate of drug-likeness (QED) is 0.326. The monoisotopic (exact) mass is 823 g/mol. The first kappa shape index (κ1) is 42.0. The van der Waals surface area contributed by atoms with Crippen LogP contribution in [-0.4, -0.2) is 108 Å². The number of nitrogens with one attached hydrogen (secondary N) is 3. The van der Waals surface area contributed by atoms with Gasteiger partial charge in [0.2, 0.25) is 33.3 Å². The van der Waals surface area contributed by atoms with Crippen molar-refractivity contribution in [1.29, 1.82) is 0 Å². The molecule has 19 heteroatoms. The molecule has 1 saturated heterocycles. The fraction of sp³-hybridized carbons (Fsp3) is 0.605. The van der Waals surface area contributed by atoms with Crippen molar-refractivity contribution in [2.24, 2.45) is 5.92 Å². The summed E-state index contributed by atoms with van der Waals surface area (Å²) >= 11 is 0. The lowest BCUT2D eigenvalue weighted by atomic mass is 10.1. The van der Waals surface area contributed by atoms with Crippen LogP contribution in [0.4, 0.5) is 18.0 Å². The van der Waals surface area contributed by atoms with Gasteiger partial charge in [-0.15, -0.1) is 0 Å². The number of alkyl carbamates (subject to hydrolysis) is 1. The first-order valence-corrected chi connectivity index (χ1v) is 20.3. The minimum absolute atomic E-state index is 0.0732. The number of methoxy groups -OCH3 is 1. The number of sulfonamides is 1. The normalized spacial score (nSPS) is 29.7. The number of alkyl halides is 3. The van der Waals surface area contributed by atoms with E-state index < -0.39 is 92.2 Å². The van der Waals surface area contributed by atoms with Gasteiger partial charge in [0, 0.05) is 23.1 Å². The van der Waals surface area contributed by atoms with Crippen LogP contribution in [0.5, 0.6) is 11.6 Å². The molecule has 1 aromatic carbocycles. The molecule has 2 aliphatic carbocycles. The van der Waals surface area contributed by atoms with Gasteiger partial charge in [-0.2, -0.15) is 13.2 Å². The van der Waals surface area contributed by atoms with Crippen molar-refractivity contribution in [3.05, 3.63) is 42.6 Å². The summed E-state index contributed by atoms with van der Waals surface area (Å²) in [5.74, 6) is -2.60. The summed E-state index contributed by atoms with van der Waals surface area (Å²) in [6.45, 7) is 5.76. The third-order valence-electron chi connectivity index (χ3n) is 11.3. The summed E-state index contributed by atoms with van der Waals surface area (Å²) in [5, 5.41) is 6.25. The highest BCUT2D eigenvalue weighted by atomic mass is 32.2. The van der Waals surface area contributed by atoms with Gasteiger partial charge in [0.15, 0.2) is 0 Å². The third-order valence-corrected chi connectivity index (χ3v) is 13.4. The molecule has 2 aromatic rings. The van der Waals surface area contributed by atoms with Crippen LogP contribution in [0.15, 0.2) is 42.6 Å². The number of pyridine rings is 1. The number of carbonyl (C=O) groups is 4. The van der Waals surface area contributed by atoms with Gasteiger partial charge in [0.05, 0.1) is 36.8 Å². The maximum Gasteiger partial charge on any atom is 0.427 e. The molecule has 6 rings (SSSR count). The number of ether oxygens (including phenoxy) is 4. The SMILES string of the molecule is COc1cnc(O[C@@H]2C[C@H]3C(=O)N[C@]4(C(=O)NS(=O)(=O)C5(C)CC5)C[C@H]4/C=C\CC[C@@H](C)O[C@@H](C)[C@H](NC(=O)OC(C)(C)C(F)(F)F)C(=O)N3C2)c2ccccc12. The number of aromatic nitrogens is 1. The Morgan fingerprint density at radius 2 is 1.79 bits per heavy atom. The predicted octanol–water partition coefficient (Wildman–Crippen LogP) is 4.04. The van der Waals surface area contributed by atoms with Crippen LogP contribution < -0.4 is 24.8 Å². The van der Waals surface area contributed by atoms with Crippen molar-refractivity contribution in [1.82, 2.24) is 25.2 Å². The average Bonchev–Trinajstić information content (AvgIpc) is 4.01. The number of benzene rings is 1. The van der Waals surface area contributed by atoms with Gasteiger partial charge in [-0.25, -0.2) is 18.2 Å². The number of hydrogen-bond donors (Lipinski definition) is 3. The molecule has 3 N–H and O–H groups in total. The topological polar surface area (TPSA) is 192 Å². The zero-order chi connectivity index (χ0) is 41.7. The number of halogens is 3. The molecule has 2 saturated carbocycles. The number of rotatable bonds is 8. The fourth-order valence-electron chi connectivity index (χ4n) is 7.11. The second kappa shape index (κ2) is 15.3. The van der Waals surface area contributed by atoms with E-state index in [1.807, 2.05) is 0 Å². The van der Waals surface area contributed by atoms with Crippen LogP contribution in [0.1, 0.15) is 73.1 Å². The predicted molar refractivity (Wildman–Crippen MR) is 198 cm³/mol. The molecule has 0 radical (unpaired) electrons. The Bertz CT molecular complexity index is 2060. The highest BCUT2D eigenvalue weighted by Gasteiger charge is 2.63. The highest BCUT2D eigenvalue weighted by molar-refractivity contribution is 7.91. The second-order valence-electron chi connectivity index (χ2n) is 16.0. The smallest absolute Gasteiger partial charge is 0.427 e. The summed E-state index contributed by atoms with van der Waals surface area (Å²) < 4.78 is 91.1. The molecule has 0 bridgehead atoms. The molecule has 4 amide bonds. The van der Waals surface area contributed by atoms with E-state index in [0.29, 0.717) is 56.1 Å². The molecule has 3 heterocycles. The molecular formula is C38H48F3N5O10S. The first-order valence-electron chi connectivity index (χ1n) is 18.8. The van der Waals surface area contributed by atoms with Crippen molar-refractivity contribution in [3.63, 3.8) is 0 Å². The van der Waals surface area contributed by atoms with E-state index in [2.05, 4.69) is 20.3 Å². The average molecular weight is 824 g/mol. The Morgan fingerprint density at radius 1 is 1.11 bits per heavy atom. The lowest BCUT2D eigenvalue weighted by molar-refractivity contribution is -0.244. The van der Waals surface area contributed by atoms with E-state index in [0.717, 1.165) is 4.90 Å². The number of allylic oxidation sites excluding steroid dienone is 1. The van der Waals surface area contributed by atoms with E-state index in [9.17, 15) is 40.8 Å². The van der Waals surface area contributed by atoms with E-state index in [-0.39, 0.29) is 25.3 Å². The lowest BCUT2D eigenvalue weighted by Crippen LogP contribution is -2.60. The van der Waals surface area contributed by atoms with Crippen molar-refractivity contribution in [3.8, 4) is 11.6 Å². The molecule has 2 aliphatic heterocycles. The minimum atomic E-state index is -4.94. The summed E-state index contributed by atoms with van der Waals surface area (Å²) in [6.07, 6.45) is -2.65. The van der Waals surface area contributed by atoms with Crippen molar-refractivity contribution in [2.75, 3.05) is 13.7 Å². The van der Waals surface area contributed by atoms with Gasteiger partial charge in [-0.05, 0) is 72.8 Å². The Hall–Kier alpha value is -4.65. The molecule has 57 heavy (non-hydrogen) atoms. The molecular weight excluding hydrogens is 776 g/mol. The standard InChI is InChI=1S/C38H48F3N5O10S/c1-21-11-7-8-12-23-18-37(23,33(49)45-57(51,52)36(5)15-16-36)44-30(47)27-17-24(55-31-26-14-10-9-13-25(26)28(53-6)19-42-31)20-46(27)32(48)29(22(2)54-21)43-34(50)56-35(3,4)38(39,40)41/h8-10,12-14,19,21-24,27,29H,7,11,15-18,20H2,1-6H3,(H,43,50)(H,44,47)(H,45,49)/b12-8-/t21-,22+,23-,24-,27+,29+,37-/m1/s1. The zero-order valence-corrected chi connectivity index (χ0v) is 33.3. The van der Waals surface area contributed by atoms with Crippen LogP contribution in [0.2, 0.25) is 0 Å². The fourth-order valence-corrected chi connectivity index (χ4v) is 8.42. The van der Waals surface area contributed by atoms with Crippen LogP contribution in [0.25, 0.3) is 10.8 Å². The summed E-state index contributed by atoms with van der Waals surface area (Å²) in [7, 11) is -2.60. The molecule has 0 spiro atoms. The molecule has 7 atom stereocenters. The Balaban J connectivity index is 1.36. The molecule has 312 valence electrons. The number of nitrogens with zero attached hydrogens (tertiary/aromatic N) is 2. The second-order valence-corrected chi connectivity index (χ2v) is 18.2. The van der Waals surface area contributed by atoms with Gasteiger partial charge < -0.3 is 34.5 Å². The van der Waals surface area contributed by atoms with E-state index in [4.69, 9.17) is 18.9 Å². The van der Waals surface area contributed by atoms with Crippen LogP contribution >= 0.6 is 0 Å². The molecule has 3 fully saturated rings. The van der Waals surface area contributed by atoms with E-state index >= 15 is 0 Å². The number of fused-ring (bicyclic) bond motifs is 3. The summed E-state index contributed by atoms with van der Waals surface area (Å²) in [6, 6.07) is 4.07. The Labute approximate surface area is 328 Å². The van der Waals surface area contributed by atoms with Crippen molar-refractivity contribution < 1.29 is 59.7 Å². The maximum atomic E-state index is 14.6. The van der Waals surface area contributed by atoms with E-state index in [1.54, 1.807) is 43.3 Å². The van der Waals surface area contributed by atoms with Crippen LogP contribution in [-0.2, 0) is 33.9 Å². The molecule has 0 unspecified atom stereocenters. The lowest BCUT2D eigenvalue weighted by Gasteiger charge is -2.34. The van der Waals surface area contributed by atoms with Gasteiger partial charge in [-0.3, -0.25) is 19.1 Å². The first-order chi connectivity index (χ1) is 26.6. The number of carbonyl (C=O) groups excluding carboxylic acids is 4. The van der Waals surface area contributed by atoms with Gasteiger partial charge in [0.1, 0.15) is 29.5 Å². The molecule has 1 aromatic heterocycles. The Kier molecular flexibility index (Phi) is 11.2.